The van der Waals surface area contributed by atoms with Gasteiger partial charge in [-0.15, -0.1) is 0 Å². The van der Waals surface area contributed by atoms with Gasteiger partial charge in [0, 0.05) is 25.2 Å². The molecular weight excluding hydrogens is 442 g/mol. The van der Waals surface area contributed by atoms with Crippen molar-refractivity contribution in [3.63, 3.8) is 0 Å². The first-order valence-electron chi connectivity index (χ1n) is 9.52. The average Bonchev–Trinajstić information content (AvgIpc) is 3.15. The summed E-state index contributed by atoms with van der Waals surface area (Å²) in [6.45, 7) is -0.142. The van der Waals surface area contributed by atoms with Crippen LogP contribution in [-0.2, 0) is 28.5 Å². The molecule has 2 amide bonds. The van der Waals surface area contributed by atoms with Gasteiger partial charge in [-0.05, 0) is 42.3 Å². The molecule has 2 aromatic carbocycles. The average molecular weight is 460 g/mol. The van der Waals surface area contributed by atoms with Crippen LogP contribution in [0.4, 0.5) is 32.0 Å². The van der Waals surface area contributed by atoms with E-state index in [-0.39, 0.29) is 18.5 Å². The molecule has 0 aliphatic carbocycles. The van der Waals surface area contributed by atoms with Crippen molar-refractivity contribution in [2.45, 2.75) is 31.7 Å². The Labute approximate surface area is 179 Å². The third-order valence-electron chi connectivity index (χ3n) is 4.72. The van der Waals surface area contributed by atoms with Crippen molar-refractivity contribution in [3.05, 3.63) is 59.2 Å². The molecule has 0 aromatic heterocycles. The van der Waals surface area contributed by atoms with Crippen LogP contribution >= 0.6 is 0 Å². The number of alkyl halides is 6. The third-order valence-corrected chi connectivity index (χ3v) is 4.72. The quantitative estimate of drug-likeness (QED) is 0.644. The second-order valence-corrected chi connectivity index (χ2v) is 7.13. The SMILES string of the molecule is O=C(COc1cc(C(F)(F)F)cc(C(F)(F)F)c1)NCc1cccc(N2CCCC2=O)c1. The second kappa shape index (κ2) is 9.09. The summed E-state index contributed by atoms with van der Waals surface area (Å²) in [4.78, 5) is 25.5. The highest BCUT2D eigenvalue weighted by Crippen LogP contribution is 2.38. The van der Waals surface area contributed by atoms with Crippen molar-refractivity contribution < 1.29 is 40.7 Å². The topological polar surface area (TPSA) is 58.6 Å². The summed E-state index contributed by atoms with van der Waals surface area (Å²) in [7, 11) is 0. The largest absolute Gasteiger partial charge is 0.484 e. The number of carbonyl (C=O) groups excluding carboxylic acids is 2. The molecule has 3 rings (SSSR count). The number of benzene rings is 2. The van der Waals surface area contributed by atoms with Gasteiger partial charge in [0.05, 0.1) is 11.1 Å². The molecule has 0 radical (unpaired) electrons. The zero-order valence-corrected chi connectivity index (χ0v) is 16.5. The van der Waals surface area contributed by atoms with Crippen LogP contribution in [-0.4, -0.2) is 25.0 Å². The molecule has 0 bridgehead atoms. The Bertz CT molecular complexity index is 972. The lowest BCUT2D eigenvalue weighted by atomic mass is 10.1. The summed E-state index contributed by atoms with van der Waals surface area (Å²) in [6, 6.07) is 7.66. The van der Waals surface area contributed by atoms with Gasteiger partial charge in [-0.1, -0.05) is 12.1 Å². The molecule has 5 nitrogen and oxygen atoms in total. The van der Waals surface area contributed by atoms with Crippen molar-refractivity contribution in [3.8, 4) is 5.75 Å². The summed E-state index contributed by atoms with van der Waals surface area (Å²) in [5, 5.41) is 2.48. The highest BCUT2D eigenvalue weighted by atomic mass is 19.4. The molecule has 172 valence electrons. The van der Waals surface area contributed by atoms with E-state index in [2.05, 4.69) is 5.32 Å². The van der Waals surface area contributed by atoms with Crippen LogP contribution < -0.4 is 15.0 Å². The number of carbonyl (C=O) groups is 2. The van der Waals surface area contributed by atoms with E-state index in [0.29, 0.717) is 36.3 Å². The zero-order chi connectivity index (χ0) is 23.5. The van der Waals surface area contributed by atoms with Crippen molar-refractivity contribution in [2.24, 2.45) is 0 Å². The number of hydrogen-bond acceptors (Lipinski definition) is 3. The first-order chi connectivity index (χ1) is 14.9. The minimum atomic E-state index is -5.01. The third kappa shape index (κ3) is 5.92. The number of anilines is 1. The fraction of sp³-hybridized carbons (Fsp3) is 0.333. The van der Waals surface area contributed by atoms with Gasteiger partial charge in [0.15, 0.2) is 6.61 Å². The summed E-state index contributed by atoms with van der Waals surface area (Å²) in [5.74, 6) is -1.46. The lowest BCUT2D eigenvalue weighted by molar-refractivity contribution is -0.143. The molecule has 0 unspecified atom stereocenters. The molecule has 32 heavy (non-hydrogen) atoms. The summed E-state index contributed by atoms with van der Waals surface area (Å²) in [6.07, 6.45) is -8.81. The van der Waals surface area contributed by atoms with Crippen LogP contribution in [0.15, 0.2) is 42.5 Å². The van der Waals surface area contributed by atoms with Gasteiger partial charge in [-0.2, -0.15) is 26.3 Å². The van der Waals surface area contributed by atoms with Crippen molar-refractivity contribution in [1.82, 2.24) is 5.32 Å². The Hall–Kier alpha value is -3.24. The first-order valence-corrected chi connectivity index (χ1v) is 9.52. The Morgan fingerprint density at radius 1 is 1.00 bits per heavy atom. The molecule has 1 heterocycles. The summed E-state index contributed by atoms with van der Waals surface area (Å²) < 4.78 is 82.2. The van der Waals surface area contributed by atoms with Crippen LogP contribution in [0, 0.1) is 0 Å². The normalized spacial score (nSPS) is 14.6. The van der Waals surface area contributed by atoms with Crippen LogP contribution in [0.5, 0.6) is 5.75 Å². The highest BCUT2D eigenvalue weighted by Gasteiger charge is 2.37. The number of nitrogens with zero attached hydrogens (tertiary/aromatic N) is 1. The molecule has 1 saturated heterocycles. The van der Waals surface area contributed by atoms with Gasteiger partial charge < -0.3 is 15.0 Å². The standard InChI is InChI=1S/C21H18F6N2O3/c22-20(23,24)14-8-15(21(25,26)27)10-17(9-14)32-12-18(30)28-11-13-3-1-4-16(7-13)29-6-2-5-19(29)31/h1,3-4,7-10H,2,5-6,11-12H2,(H,28,30). The smallest absolute Gasteiger partial charge is 0.416 e. The molecule has 0 atom stereocenters. The fourth-order valence-corrected chi connectivity index (χ4v) is 3.17. The van der Waals surface area contributed by atoms with E-state index < -0.39 is 41.7 Å². The monoisotopic (exact) mass is 460 g/mol. The van der Waals surface area contributed by atoms with Crippen LogP contribution in [0.2, 0.25) is 0 Å². The van der Waals surface area contributed by atoms with Crippen molar-refractivity contribution >= 4 is 17.5 Å². The molecule has 1 fully saturated rings. The highest BCUT2D eigenvalue weighted by molar-refractivity contribution is 5.95. The Morgan fingerprint density at radius 3 is 2.22 bits per heavy atom. The van der Waals surface area contributed by atoms with Gasteiger partial charge in [-0.25, -0.2) is 0 Å². The summed E-state index contributed by atoms with van der Waals surface area (Å²) >= 11 is 0. The van der Waals surface area contributed by atoms with E-state index in [0.717, 1.165) is 6.42 Å². The Balaban J connectivity index is 1.61. The summed E-state index contributed by atoms with van der Waals surface area (Å²) in [5.41, 5.74) is -1.72. The molecule has 2 aromatic rings. The Morgan fingerprint density at radius 2 is 1.66 bits per heavy atom. The molecule has 1 N–H and O–H groups in total. The maximum Gasteiger partial charge on any atom is 0.416 e. The van der Waals surface area contributed by atoms with Gasteiger partial charge >= 0.3 is 12.4 Å². The predicted molar refractivity (Wildman–Crippen MR) is 102 cm³/mol. The van der Waals surface area contributed by atoms with E-state index in [1.807, 2.05) is 0 Å². The predicted octanol–water partition coefficient (Wildman–Crippen LogP) is 4.55. The lowest BCUT2D eigenvalue weighted by Crippen LogP contribution is -2.29. The minimum absolute atomic E-state index is 0.00102. The number of ether oxygens (including phenoxy) is 1. The maximum absolute atomic E-state index is 12.9. The molecule has 1 aliphatic rings. The second-order valence-electron chi connectivity index (χ2n) is 7.13. The number of nitrogens with one attached hydrogen (secondary N) is 1. The van der Waals surface area contributed by atoms with Gasteiger partial charge in [0.25, 0.3) is 5.91 Å². The van der Waals surface area contributed by atoms with Gasteiger partial charge in [-0.3, -0.25) is 9.59 Å². The number of halogens is 6. The van der Waals surface area contributed by atoms with E-state index in [9.17, 15) is 35.9 Å². The van der Waals surface area contributed by atoms with Crippen molar-refractivity contribution in [2.75, 3.05) is 18.1 Å². The van der Waals surface area contributed by atoms with E-state index in [1.165, 1.54) is 0 Å². The van der Waals surface area contributed by atoms with Crippen LogP contribution in [0.3, 0.4) is 0 Å². The molecule has 1 aliphatic heterocycles. The van der Waals surface area contributed by atoms with E-state index >= 15 is 0 Å². The number of amides is 2. The van der Waals surface area contributed by atoms with Gasteiger partial charge in [0.2, 0.25) is 5.91 Å². The van der Waals surface area contributed by atoms with E-state index in [1.54, 1.807) is 29.2 Å². The Kier molecular flexibility index (Phi) is 6.65. The van der Waals surface area contributed by atoms with Crippen LogP contribution in [0.25, 0.3) is 0 Å². The molecular formula is C21H18F6N2O3. The molecule has 0 saturated carbocycles. The minimum Gasteiger partial charge on any atom is -0.484 e. The van der Waals surface area contributed by atoms with Crippen LogP contribution in [0.1, 0.15) is 29.5 Å². The zero-order valence-electron chi connectivity index (χ0n) is 16.5. The molecule has 11 heteroatoms. The van der Waals surface area contributed by atoms with E-state index in [4.69, 9.17) is 4.74 Å². The number of rotatable bonds is 6. The van der Waals surface area contributed by atoms with Gasteiger partial charge in [0.1, 0.15) is 5.75 Å². The maximum atomic E-state index is 12.9. The first kappa shape index (κ1) is 23.4. The number of hydrogen-bond donors (Lipinski definition) is 1. The molecule has 0 spiro atoms. The fourth-order valence-electron chi connectivity index (χ4n) is 3.17. The van der Waals surface area contributed by atoms with Crippen molar-refractivity contribution in [1.29, 1.82) is 0 Å². The lowest BCUT2D eigenvalue weighted by Gasteiger charge is -2.17.